The third-order valence-corrected chi connectivity index (χ3v) is 6.77. The number of hydrogen-bond donors (Lipinski definition) is 8. The minimum Gasteiger partial charge on any atom is -0.394 e. The van der Waals surface area contributed by atoms with E-state index in [1.54, 1.807) is 0 Å². The van der Waals surface area contributed by atoms with Crippen molar-refractivity contribution in [3.8, 4) is 0 Å². The minimum atomic E-state index is -0.0421. The molecule has 0 spiro atoms. The number of hydrogen-bond acceptors (Lipinski definition) is 18. The molecule has 1 saturated carbocycles. The van der Waals surface area contributed by atoms with Crippen LogP contribution < -0.4 is 21.3 Å². The van der Waals surface area contributed by atoms with Crippen molar-refractivity contribution in [2.45, 2.75) is 37.5 Å². The molecule has 18 nitrogen and oxygen atoms in total. The molecule has 0 aliphatic heterocycles. The summed E-state index contributed by atoms with van der Waals surface area (Å²) in [5.74, 6) is 3.05. The Morgan fingerprint density at radius 3 is 1.04 bits per heavy atom. The average molecular weight is 655 g/mol. The molecule has 2 heterocycles. The zero-order valence-corrected chi connectivity index (χ0v) is 26.4. The summed E-state index contributed by atoms with van der Waals surface area (Å²) in [6.45, 7) is 4.26. The third kappa shape index (κ3) is 14.5. The van der Waals surface area contributed by atoms with Gasteiger partial charge in [-0.25, -0.2) is 0 Å². The van der Waals surface area contributed by atoms with Crippen LogP contribution in [0.3, 0.4) is 0 Å². The van der Waals surface area contributed by atoms with Crippen molar-refractivity contribution in [2.75, 3.05) is 127 Å². The highest BCUT2D eigenvalue weighted by Crippen LogP contribution is 2.39. The topological polar surface area (TPSA) is 243 Å². The fourth-order valence-corrected chi connectivity index (χ4v) is 4.73. The zero-order valence-electron chi connectivity index (χ0n) is 26.4. The molecule has 18 heteroatoms. The van der Waals surface area contributed by atoms with E-state index in [4.69, 9.17) is 59.3 Å². The van der Waals surface area contributed by atoms with Crippen molar-refractivity contribution in [3.63, 3.8) is 0 Å². The van der Waals surface area contributed by atoms with E-state index in [0.29, 0.717) is 88.0 Å². The van der Waals surface area contributed by atoms with E-state index in [2.05, 4.69) is 31.2 Å². The van der Waals surface area contributed by atoms with E-state index in [0.717, 1.165) is 25.7 Å². The van der Waals surface area contributed by atoms with Crippen LogP contribution in [0.25, 0.3) is 0 Å². The largest absolute Gasteiger partial charge is 0.394 e. The lowest BCUT2D eigenvalue weighted by atomic mass is 9.80. The van der Waals surface area contributed by atoms with E-state index in [-0.39, 0.29) is 64.7 Å². The van der Waals surface area contributed by atoms with Gasteiger partial charge in [-0.2, -0.15) is 29.9 Å². The first-order valence-electron chi connectivity index (χ1n) is 15.9. The molecule has 2 aromatic heterocycles. The van der Waals surface area contributed by atoms with Crippen LogP contribution >= 0.6 is 0 Å². The molecule has 260 valence electrons. The Bertz CT molecular complexity index is 947. The minimum absolute atomic E-state index is 0.0301. The summed E-state index contributed by atoms with van der Waals surface area (Å²) >= 11 is 0. The van der Waals surface area contributed by atoms with Gasteiger partial charge in [0.1, 0.15) is 11.6 Å². The lowest BCUT2D eigenvalue weighted by molar-refractivity contribution is 0.0990. The molecule has 0 aromatic carbocycles. The van der Waals surface area contributed by atoms with Gasteiger partial charge in [-0.3, -0.25) is 0 Å². The molecule has 8 N–H and O–H groups in total. The molecule has 2 atom stereocenters. The lowest BCUT2D eigenvalue weighted by Crippen LogP contribution is -2.22. The second-order valence-corrected chi connectivity index (χ2v) is 10.3. The second kappa shape index (κ2) is 23.3. The molecule has 1 fully saturated rings. The van der Waals surface area contributed by atoms with Gasteiger partial charge < -0.3 is 60.6 Å². The summed E-state index contributed by atoms with van der Waals surface area (Å²) in [6, 6.07) is 0. The number of ether oxygens (including phenoxy) is 4. The number of nitrogens with zero attached hydrogens (tertiary/aromatic N) is 6. The SMILES string of the molecule is OCCOCCNc1nc(NCCOCCO)nc(C2CCCC(c3nc(NCCOCCO)nc(NCCOCCO)n3)C2)n1. The average Bonchev–Trinajstić information content (AvgIpc) is 3.08. The summed E-state index contributed by atoms with van der Waals surface area (Å²) in [7, 11) is 0. The highest BCUT2D eigenvalue weighted by atomic mass is 16.5. The van der Waals surface area contributed by atoms with Crippen LogP contribution in [-0.4, -0.2) is 156 Å². The fraction of sp³-hybridized carbons (Fsp3) is 0.786. The van der Waals surface area contributed by atoms with Gasteiger partial charge in [-0.15, -0.1) is 0 Å². The van der Waals surface area contributed by atoms with Crippen LogP contribution in [0.15, 0.2) is 0 Å². The molecular weight excluding hydrogens is 604 g/mol. The van der Waals surface area contributed by atoms with Crippen molar-refractivity contribution in [2.24, 2.45) is 0 Å². The third-order valence-electron chi connectivity index (χ3n) is 6.77. The molecule has 0 bridgehead atoms. The normalized spacial score (nSPS) is 16.3. The van der Waals surface area contributed by atoms with E-state index in [1.807, 2.05) is 0 Å². The van der Waals surface area contributed by atoms with Crippen LogP contribution in [0.1, 0.15) is 49.2 Å². The Balaban J connectivity index is 1.74. The van der Waals surface area contributed by atoms with Crippen molar-refractivity contribution in [1.82, 2.24) is 29.9 Å². The Kier molecular flexibility index (Phi) is 18.9. The van der Waals surface area contributed by atoms with Gasteiger partial charge in [0.25, 0.3) is 0 Å². The van der Waals surface area contributed by atoms with Crippen LogP contribution in [0.4, 0.5) is 23.8 Å². The van der Waals surface area contributed by atoms with Gasteiger partial charge in [0, 0.05) is 38.0 Å². The highest BCUT2D eigenvalue weighted by molar-refractivity contribution is 5.37. The monoisotopic (exact) mass is 654 g/mol. The van der Waals surface area contributed by atoms with Gasteiger partial charge in [-0.1, -0.05) is 6.42 Å². The Morgan fingerprint density at radius 2 is 0.761 bits per heavy atom. The Morgan fingerprint density at radius 1 is 0.457 bits per heavy atom. The van der Waals surface area contributed by atoms with E-state index < -0.39 is 0 Å². The zero-order chi connectivity index (χ0) is 32.7. The molecule has 0 saturated heterocycles. The molecule has 46 heavy (non-hydrogen) atoms. The molecule has 0 amide bonds. The summed E-state index contributed by atoms with van der Waals surface area (Å²) in [6.07, 6.45) is 3.44. The van der Waals surface area contributed by atoms with Gasteiger partial charge in [0.15, 0.2) is 0 Å². The quantitative estimate of drug-likeness (QED) is 0.0578. The van der Waals surface area contributed by atoms with Crippen LogP contribution in [0, 0.1) is 0 Å². The first-order valence-corrected chi connectivity index (χ1v) is 15.9. The summed E-state index contributed by atoms with van der Waals surface area (Å²) in [5, 5.41) is 48.5. The summed E-state index contributed by atoms with van der Waals surface area (Å²) < 4.78 is 21.4. The Labute approximate surface area is 269 Å². The smallest absolute Gasteiger partial charge is 0.227 e. The molecule has 0 radical (unpaired) electrons. The molecule has 2 aromatic rings. The maximum atomic E-state index is 8.95. The van der Waals surface area contributed by atoms with Crippen LogP contribution in [0.2, 0.25) is 0 Å². The summed E-state index contributed by atoms with van der Waals surface area (Å²) in [4.78, 5) is 28.0. The van der Waals surface area contributed by atoms with Crippen molar-refractivity contribution < 1.29 is 39.4 Å². The summed E-state index contributed by atoms with van der Waals surface area (Å²) in [5.41, 5.74) is 0. The maximum Gasteiger partial charge on any atom is 0.227 e. The number of aliphatic hydroxyl groups excluding tert-OH is 4. The van der Waals surface area contributed by atoms with Gasteiger partial charge >= 0.3 is 0 Å². The predicted octanol–water partition coefficient (Wildman–Crippen LogP) is -0.819. The molecule has 1 aliphatic carbocycles. The van der Waals surface area contributed by atoms with E-state index >= 15 is 0 Å². The van der Waals surface area contributed by atoms with Crippen LogP contribution in [-0.2, 0) is 18.9 Å². The number of rotatable bonds is 26. The second-order valence-electron chi connectivity index (χ2n) is 10.3. The number of anilines is 4. The van der Waals surface area contributed by atoms with Gasteiger partial charge in [0.05, 0.1) is 79.3 Å². The van der Waals surface area contributed by atoms with E-state index in [1.165, 1.54) is 0 Å². The fourth-order valence-electron chi connectivity index (χ4n) is 4.73. The van der Waals surface area contributed by atoms with E-state index in [9.17, 15) is 0 Å². The number of aliphatic hydroxyl groups is 4. The lowest BCUT2D eigenvalue weighted by Gasteiger charge is -2.28. The Hall–Kier alpha value is -3.10. The number of aromatic nitrogens is 6. The van der Waals surface area contributed by atoms with Crippen LogP contribution in [0.5, 0.6) is 0 Å². The van der Waals surface area contributed by atoms with Gasteiger partial charge in [-0.05, 0) is 19.3 Å². The molecule has 3 rings (SSSR count). The highest BCUT2D eigenvalue weighted by Gasteiger charge is 2.29. The first-order chi connectivity index (χ1) is 22.7. The standard InChI is InChI=1S/C28H50N10O8/c39-8-16-43-12-4-29-25-33-23(34-26(37-25)30-5-13-44-17-9-40)21-2-1-3-22(20-21)24-35-27(31-6-14-45-18-10-41)38-28(36-24)32-7-15-46-19-11-42/h21-22,39-42H,1-20H2,(H2,29,30,33,34,37)(H2,31,32,35,36,38). The predicted molar refractivity (Wildman–Crippen MR) is 169 cm³/mol. The molecular formula is C28H50N10O8. The van der Waals surface area contributed by atoms with Crippen molar-refractivity contribution in [1.29, 1.82) is 0 Å². The number of nitrogens with one attached hydrogen (secondary N) is 4. The van der Waals surface area contributed by atoms with Crippen molar-refractivity contribution >= 4 is 23.8 Å². The first kappa shape index (κ1) is 37.4. The van der Waals surface area contributed by atoms with Crippen molar-refractivity contribution in [3.05, 3.63) is 11.6 Å². The van der Waals surface area contributed by atoms with Gasteiger partial charge in [0.2, 0.25) is 23.8 Å². The molecule has 2 unspecified atom stereocenters. The maximum absolute atomic E-state index is 8.95. The molecule has 1 aliphatic rings.